The van der Waals surface area contributed by atoms with Crippen LogP contribution in [0.2, 0.25) is 0 Å². The van der Waals surface area contributed by atoms with Gasteiger partial charge in [-0.05, 0) is 36.0 Å². The first kappa shape index (κ1) is 9.37. The minimum Gasteiger partial charge on any atom is -0.317 e. The predicted molar refractivity (Wildman–Crippen MR) is 58.2 cm³/mol. The molecular formula is C12H19N3. The van der Waals surface area contributed by atoms with Gasteiger partial charge in [0.1, 0.15) is 12.7 Å². The molecule has 3 saturated carbocycles. The summed E-state index contributed by atoms with van der Waals surface area (Å²) in [6, 6.07) is 0.636. The van der Waals surface area contributed by atoms with Crippen LogP contribution in [0.4, 0.5) is 0 Å². The van der Waals surface area contributed by atoms with E-state index in [-0.39, 0.29) is 0 Å². The fourth-order valence-electron chi connectivity index (χ4n) is 3.90. The third-order valence-corrected chi connectivity index (χ3v) is 5.13. The third-order valence-electron chi connectivity index (χ3n) is 5.13. The summed E-state index contributed by atoms with van der Waals surface area (Å²) in [5, 5.41) is 7.84. The van der Waals surface area contributed by atoms with Gasteiger partial charge in [0, 0.05) is 6.04 Å². The number of hydrogen-bond acceptors (Lipinski definition) is 2. The molecule has 15 heavy (non-hydrogen) atoms. The molecule has 2 bridgehead atoms. The molecule has 3 aliphatic rings. The van der Waals surface area contributed by atoms with Crippen LogP contribution in [0.25, 0.3) is 0 Å². The fraction of sp³-hybridized carbons (Fsp3) is 0.833. The Morgan fingerprint density at radius 2 is 1.87 bits per heavy atom. The summed E-state index contributed by atoms with van der Waals surface area (Å²) in [5.74, 6) is 2.57. The first-order valence-corrected chi connectivity index (χ1v) is 5.95. The highest BCUT2D eigenvalue weighted by Crippen LogP contribution is 2.63. The Morgan fingerprint density at radius 1 is 1.20 bits per heavy atom. The Hall–Kier alpha value is -0.860. The average Bonchev–Trinajstić information content (AvgIpc) is 2.70. The molecule has 1 heterocycles. The van der Waals surface area contributed by atoms with Crippen LogP contribution in [0.15, 0.2) is 12.7 Å². The maximum Gasteiger partial charge on any atom is 0.119 e. The van der Waals surface area contributed by atoms with Gasteiger partial charge in [-0.3, -0.25) is 0 Å². The molecule has 82 valence electrons. The molecule has 0 amide bonds. The highest BCUT2D eigenvalue weighted by molar-refractivity contribution is 5.06. The van der Waals surface area contributed by atoms with Crippen LogP contribution in [-0.2, 0) is 0 Å². The smallest absolute Gasteiger partial charge is 0.119 e. The van der Waals surface area contributed by atoms with Crippen molar-refractivity contribution in [3.05, 3.63) is 12.7 Å². The molecule has 0 spiro atoms. The normalized spacial score (nSPS) is 42.3. The largest absolute Gasteiger partial charge is 0.317 e. The van der Waals surface area contributed by atoms with E-state index in [1.165, 1.54) is 12.8 Å². The summed E-state index contributed by atoms with van der Waals surface area (Å²) < 4.78 is 2.21. The Labute approximate surface area is 90.9 Å². The summed E-state index contributed by atoms with van der Waals surface area (Å²) in [4.78, 5) is 0. The number of hydrogen-bond donors (Lipinski definition) is 0. The summed E-state index contributed by atoms with van der Waals surface area (Å²) in [6.45, 7) is 7.27. The van der Waals surface area contributed by atoms with Crippen molar-refractivity contribution in [2.75, 3.05) is 0 Å². The van der Waals surface area contributed by atoms with Crippen LogP contribution in [0.3, 0.4) is 0 Å². The van der Waals surface area contributed by atoms with E-state index < -0.39 is 0 Å². The minimum atomic E-state index is 0.573. The van der Waals surface area contributed by atoms with Crippen LogP contribution in [0.1, 0.15) is 39.7 Å². The van der Waals surface area contributed by atoms with Gasteiger partial charge in [-0.15, -0.1) is 10.2 Å². The zero-order valence-corrected chi connectivity index (χ0v) is 9.72. The summed E-state index contributed by atoms with van der Waals surface area (Å²) in [5.41, 5.74) is 0.573. The Kier molecular flexibility index (Phi) is 1.77. The SMILES string of the molecule is C[C@H]1[C@H](n2cnnc2)C[C@@H]2C[C@H]1C2(C)C. The van der Waals surface area contributed by atoms with E-state index in [0.717, 1.165) is 17.8 Å². The lowest BCUT2D eigenvalue weighted by molar-refractivity contribution is -0.123. The van der Waals surface area contributed by atoms with Crippen molar-refractivity contribution in [3.8, 4) is 0 Å². The number of nitrogens with zero attached hydrogens (tertiary/aromatic N) is 3. The zero-order chi connectivity index (χ0) is 10.6. The molecule has 0 N–H and O–H groups in total. The summed E-state index contributed by atoms with van der Waals surface area (Å²) in [7, 11) is 0. The second-order valence-corrected chi connectivity index (χ2v) is 5.93. The Bertz CT molecular complexity index is 355. The lowest BCUT2D eigenvalue weighted by Gasteiger charge is -2.62. The van der Waals surface area contributed by atoms with Gasteiger partial charge in [-0.2, -0.15) is 0 Å². The molecule has 0 aliphatic heterocycles. The van der Waals surface area contributed by atoms with Gasteiger partial charge in [0.05, 0.1) is 0 Å². The van der Waals surface area contributed by atoms with Crippen molar-refractivity contribution in [2.45, 2.75) is 39.7 Å². The highest BCUT2D eigenvalue weighted by atomic mass is 15.2. The Balaban J connectivity index is 1.86. The topological polar surface area (TPSA) is 30.7 Å². The molecular weight excluding hydrogens is 186 g/mol. The molecule has 4 rings (SSSR count). The molecule has 0 unspecified atom stereocenters. The van der Waals surface area contributed by atoms with Gasteiger partial charge in [0.15, 0.2) is 0 Å². The number of rotatable bonds is 1. The number of aromatic nitrogens is 3. The highest BCUT2D eigenvalue weighted by Gasteiger charge is 2.56. The van der Waals surface area contributed by atoms with Crippen molar-refractivity contribution in [3.63, 3.8) is 0 Å². The fourth-order valence-corrected chi connectivity index (χ4v) is 3.90. The van der Waals surface area contributed by atoms with E-state index in [1.807, 2.05) is 12.7 Å². The first-order valence-electron chi connectivity index (χ1n) is 5.95. The summed E-state index contributed by atoms with van der Waals surface area (Å²) in [6.07, 6.45) is 6.49. The predicted octanol–water partition coefficient (Wildman–Crippen LogP) is 2.52. The van der Waals surface area contributed by atoms with E-state index in [2.05, 4.69) is 35.5 Å². The van der Waals surface area contributed by atoms with Gasteiger partial charge < -0.3 is 4.57 Å². The molecule has 1 aromatic heterocycles. The van der Waals surface area contributed by atoms with Gasteiger partial charge in [-0.25, -0.2) is 0 Å². The van der Waals surface area contributed by atoms with Gasteiger partial charge >= 0.3 is 0 Å². The molecule has 4 atom stereocenters. The average molecular weight is 205 g/mol. The molecule has 3 nitrogen and oxygen atoms in total. The molecule has 0 saturated heterocycles. The standard InChI is InChI=1S/C12H19N3/c1-8-10-4-9(12(10,2)3)5-11(8)15-6-13-14-7-15/h6-11H,4-5H2,1-3H3/t8-,9+,10-,11-/m1/s1. The van der Waals surface area contributed by atoms with Crippen molar-refractivity contribution in [1.29, 1.82) is 0 Å². The Morgan fingerprint density at radius 3 is 2.40 bits per heavy atom. The second-order valence-electron chi connectivity index (χ2n) is 5.93. The van der Waals surface area contributed by atoms with Gasteiger partial charge in [-0.1, -0.05) is 20.8 Å². The van der Waals surface area contributed by atoms with Crippen LogP contribution in [0.5, 0.6) is 0 Å². The molecule has 1 aromatic rings. The monoisotopic (exact) mass is 205 g/mol. The molecule has 0 aromatic carbocycles. The molecule has 3 heteroatoms. The zero-order valence-electron chi connectivity index (χ0n) is 9.72. The van der Waals surface area contributed by atoms with Crippen molar-refractivity contribution in [1.82, 2.24) is 14.8 Å². The van der Waals surface area contributed by atoms with Crippen LogP contribution >= 0.6 is 0 Å². The summed E-state index contributed by atoms with van der Waals surface area (Å²) >= 11 is 0. The van der Waals surface area contributed by atoms with E-state index in [9.17, 15) is 0 Å². The molecule has 3 aliphatic carbocycles. The van der Waals surface area contributed by atoms with Crippen LogP contribution < -0.4 is 0 Å². The lowest BCUT2D eigenvalue weighted by Crippen LogP contribution is -2.55. The van der Waals surface area contributed by atoms with Crippen molar-refractivity contribution < 1.29 is 0 Å². The van der Waals surface area contributed by atoms with Crippen LogP contribution in [0, 0.1) is 23.2 Å². The van der Waals surface area contributed by atoms with E-state index in [0.29, 0.717) is 11.5 Å². The van der Waals surface area contributed by atoms with E-state index in [4.69, 9.17) is 0 Å². The molecule has 0 radical (unpaired) electrons. The maximum atomic E-state index is 3.92. The molecule has 3 fully saturated rings. The maximum absolute atomic E-state index is 3.92. The quantitative estimate of drug-likeness (QED) is 0.705. The lowest BCUT2D eigenvalue weighted by atomic mass is 9.44. The van der Waals surface area contributed by atoms with Crippen molar-refractivity contribution >= 4 is 0 Å². The third kappa shape index (κ3) is 1.12. The van der Waals surface area contributed by atoms with E-state index in [1.54, 1.807) is 0 Å². The van der Waals surface area contributed by atoms with Gasteiger partial charge in [0.25, 0.3) is 0 Å². The second kappa shape index (κ2) is 2.83. The number of fused-ring (bicyclic) bond motifs is 2. The van der Waals surface area contributed by atoms with E-state index >= 15 is 0 Å². The van der Waals surface area contributed by atoms with Crippen molar-refractivity contribution in [2.24, 2.45) is 23.2 Å². The first-order chi connectivity index (χ1) is 7.10. The minimum absolute atomic E-state index is 0.573. The van der Waals surface area contributed by atoms with Gasteiger partial charge in [0.2, 0.25) is 0 Å². The van der Waals surface area contributed by atoms with Crippen LogP contribution in [-0.4, -0.2) is 14.8 Å².